The SMILES string of the molecule is COc1ccc(-c2cc(-c3cc(-c4ccc(OC)cc4)c(C=O)[nH]3)[nH]c2C=O)cc1. The highest BCUT2D eigenvalue weighted by Gasteiger charge is 2.16. The molecule has 0 saturated heterocycles. The number of hydrogen-bond acceptors (Lipinski definition) is 4. The molecule has 4 aromatic rings. The predicted molar refractivity (Wildman–Crippen MR) is 115 cm³/mol. The predicted octanol–water partition coefficient (Wildman–Crippen LogP) is 4.99. The number of benzene rings is 2. The fourth-order valence-electron chi connectivity index (χ4n) is 3.44. The summed E-state index contributed by atoms with van der Waals surface area (Å²) in [5, 5.41) is 0. The van der Waals surface area contributed by atoms with Crippen LogP contribution >= 0.6 is 0 Å². The Morgan fingerprint density at radius 2 is 1.00 bits per heavy atom. The minimum Gasteiger partial charge on any atom is -0.497 e. The molecule has 0 amide bonds. The lowest BCUT2D eigenvalue weighted by molar-refractivity contribution is 0.111. The van der Waals surface area contributed by atoms with Crippen molar-refractivity contribution < 1.29 is 19.1 Å². The number of ether oxygens (including phenoxy) is 2. The summed E-state index contributed by atoms with van der Waals surface area (Å²) in [5.74, 6) is 1.48. The first-order valence-electron chi connectivity index (χ1n) is 9.32. The maximum Gasteiger partial charge on any atom is 0.166 e. The van der Waals surface area contributed by atoms with Crippen molar-refractivity contribution in [3.63, 3.8) is 0 Å². The molecule has 2 aromatic heterocycles. The Hall–Kier alpha value is -4.06. The molecule has 4 rings (SSSR count). The van der Waals surface area contributed by atoms with E-state index in [0.29, 0.717) is 22.8 Å². The smallest absolute Gasteiger partial charge is 0.166 e. The number of methoxy groups -OCH3 is 2. The second-order valence-electron chi connectivity index (χ2n) is 6.71. The summed E-state index contributed by atoms with van der Waals surface area (Å²) >= 11 is 0. The quantitative estimate of drug-likeness (QED) is 0.428. The van der Waals surface area contributed by atoms with E-state index >= 15 is 0 Å². The second-order valence-corrected chi connectivity index (χ2v) is 6.71. The molecule has 0 aliphatic rings. The van der Waals surface area contributed by atoms with Crippen LogP contribution in [0.15, 0.2) is 60.7 Å². The van der Waals surface area contributed by atoms with Gasteiger partial charge in [-0.3, -0.25) is 9.59 Å². The fourth-order valence-corrected chi connectivity index (χ4v) is 3.44. The largest absolute Gasteiger partial charge is 0.497 e. The molecule has 0 aliphatic carbocycles. The van der Waals surface area contributed by atoms with Crippen molar-refractivity contribution in [1.82, 2.24) is 9.97 Å². The minimum atomic E-state index is 0.461. The van der Waals surface area contributed by atoms with Gasteiger partial charge in [-0.25, -0.2) is 0 Å². The number of nitrogens with one attached hydrogen (secondary N) is 2. The number of aldehydes is 2. The van der Waals surface area contributed by atoms with E-state index in [-0.39, 0.29) is 0 Å². The maximum absolute atomic E-state index is 11.6. The Balaban J connectivity index is 1.75. The third-order valence-electron chi connectivity index (χ3n) is 5.02. The Morgan fingerprint density at radius 3 is 1.30 bits per heavy atom. The fraction of sp³-hybridized carbons (Fsp3) is 0.0833. The first-order chi connectivity index (χ1) is 14.7. The molecule has 0 atom stereocenters. The minimum absolute atomic E-state index is 0.461. The second kappa shape index (κ2) is 8.13. The van der Waals surface area contributed by atoms with Gasteiger partial charge in [-0.05, 0) is 47.5 Å². The Bertz CT molecular complexity index is 1090. The van der Waals surface area contributed by atoms with E-state index in [1.807, 2.05) is 60.7 Å². The zero-order valence-electron chi connectivity index (χ0n) is 16.6. The Labute approximate surface area is 173 Å². The summed E-state index contributed by atoms with van der Waals surface area (Å²) in [4.78, 5) is 29.6. The van der Waals surface area contributed by atoms with Crippen molar-refractivity contribution >= 4 is 12.6 Å². The van der Waals surface area contributed by atoms with Crippen molar-refractivity contribution in [1.29, 1.82) is 0 Å². The van der Waals surface area contributed by atoms with E-state index < -0.39 is 0 Å². The van der Waals surface area contributed by atoms with Crippen LogP contribution in [0.2, 0.25) is 0 Å². The first-order valence-corrected chi connectivity index (χ1v) is 9.32. The molecule has 6 heteroatoms. The van der Waals surface area contributed by atoms with Gasteiger partial charge in [0.1, 0.15) is 11.5 Å². The summed E-state index contributed by atoms with van der Waals surface area (Å²) in [5.41, 5.74) is 5.67. The molecule has 2 heterocycles. The number of carbonyl (C=O) groups is 2. The molecule has 6 nitrogen and oxygen atoms in total. The monoisotopic (exact) mass is 400 g/mol. The van der Waals surface area contributed by atoms with Gasteiger partial charge < -0.3 is 19.4 Å². The van der Waals surface area contributed by atoms with Gasteiger partial charge in [-0.1, -0.05) is 24.3 Å². The van der Waals surface area contributed by atoms with Crippen LogP contribution in [0, 0.1) is 0 Å². The van der Waals surface area contributed by atoms with Gasteiger partial charge >= 0.3 is 0 Å². The van der Waals surface area contributed by atoms with Gasteiger partial charge in [0.25, 0.3) is 0 Å². The summed E-state index contributed by atoms with van der Waals surface area (Å²) in [6.45, 7) is 0. The van der Waals surface area contributed by atoms with Crippen LogP contribution in [0.1, 0.15) is 21.0 Å². The van der Waals surface area contributed by atoms with E-state index in [2.05, 4.69) is 9.97 Å². The maximum atomic E-state index is 11.6. The highest BCUT2D eigenvalue weighted by atomic mass is 16.5. The Kier molecular flexibility index (Phi) is 5.22. The first kappa shape index (κ1) is 19.3. The van der Waals surface area contributed by atoms with Crippen LogP contribution in [0.4, 0.5) is 0 Å². The van der Waals surface area contributed by atoms with Crippen LogP contribution in [0.5, 0.6) is 11.5 Å². The number of carbonyl (C=O) groups excluding carboxylic acids is 2. The lowest BCUT2D eigenvalue weighted by atomic mass is 10.0. The lowest BCUT2D eigenvalue weighted by Gasteiger charge is -2.02. The number of rotatable bonds is 7. The molecule has 0 bridgehead atoms. The van der Waals surface area contributed by atoms with Gasteiger partial charge in [0, 0.05) is 11.1 Å². The van der Waals surface area contributed by atoms with Crippen LogP contribution in [-0.4, -0.2) is 36.8 Å². The summed E-state index contributed by atoms with van der Waals surface area (Å²) in [6.07, 6.45) is 1.58. The van der Waals surface area contributed by atoms with E-state index in [4.69, 9.17) is 9.47 Å². The third kappa shape index (κ3) is 3.51. The zero-order valence-corrected chi connectivity index (χ0v) is 16.6. The molecular weight excluding hydrogens is 380 g/mol. The molecule has 0 fully saturated rings. The van der Waals surface area contributed by atoms with Crippen molar-refractivity contribution in [3.8, 4) is 45.1 Å². The van der Waals surface area contributed by atoms with Crippen molar-refractivity contribution in [2.24, 2.45) is 0 Å². The molecule has 0 radical (unpaired) electrons. The zero-order chi connectivity index (χ0) is 21.1. The van der Waals surface area contributed by atoms with E-state index in [0.717, 1.165) is 46.3 Å². The molecule has 2 N–H and O–H groups in total. The molecule has 0 spiro atoms. The van der Waals surface area contributed by atoms with Gasteiger partial charge in [0.2, 0.25) is 0 Å². The molecule has 0 aliphatic heterocycles. The van der Waals surface area contributed by atoms with E-state index in [1.165, 1.54) is 0 Å². The third-order valence-corrected chi connectivity index (χ3v) is 5.02. The van der Waals surface area contributed by atoms with Crippen LogP contribution in [0.25, 0.3) is 33.6 Å². The number of hydrogen-bond donors (Lipinski definition) is 2. The van der Waals surface area contributed by atoms with Crippen LogP contribution in [-0.2, 0) is 0 Å². The summed E-state index contributed by atoms with van der Waals surface area (Å²) in [7, 11) is 3.22. The molecule has 0 saturated carbocycles. The summed E-state index contributed by atoms with van der Waals surface area (Å²) < 4.78 is 10.4. The number of aromatic amines is 2. The average molecular weight is 400 g/mol. The number of aromatic nitrogens is 2. The Morgan fingerprint density at radius 1 is 0.633 bits per heavy atom. The molecular formula is C24H20N2O4. The van der Waals surface area contributed by atoms with Gasteiger partial charge in [-0.2, -0.15) is 0 Å². The lowest BCUT2D eigenvalue weighted by Crippen LogP contribution is -1.86. The van der Waals surface area contributed by atoms with Gasteiger partial charge in [-0.15, -0.1) is 0 Å². The van der Waals surface area contributed by atoms with Crippen molar-refractivity contribution in [3.05, 3.63) is 72.1 Å². The molecule has 150 valence electrons. The standard InChI is InChI=1S/C24H20N2O4/c1-29-17-7-3-15(4-8-17)19-11-21(25-23(19)13-27)22-12-20(24(14-28)26-22)16-5-9-18(30-2)10-6-16/h3-14,25-26H,1-2H3. The average Bonchev–Trinajstić information content (AvgIpc) is 3.43. The topological polar surface area (TPSA) is 84.2 Å². The molecule has 2 aromatic carbocycles. The van der Waals surface area contributed by atoms with Crippen molar-refractivity contribution in [2.75, 3.05) is 14.2 Å². The van der Waals surface area contributed by atoms with E-state index in [1.54, 1.807) is 14.2 Å². The van der Waals surface area contributed by atoms with Crippen LogP contribution < -0.4 is 9.47 Å². The summed E-state index contributed by atoms with van der Waals surface area (Å²) in [6, 6.07) is 18.7. The van der Waals surface area contributed by atoms with E-state index in [9.17, 15) is 9.59 Å². The highest BCUT2D eigenvalue weighted by Crippen LogP contribution is 2.33. The highest BCUT2D eigenvalue weighted by molar-refractivity contribution is 5.92. The molecule has 30 heavy (non-hydrogen) atoms. The van der Waals surface area contributed by atoms with Crippen molar-refractivity contribution in [2.45, 2.75) is 0 Å². The number of H-pyrrole nitrogens is 2. The normalized spacial score (nSPS) is 10.6. The van der Waals surface area contributed by atoms with Crippen LogP contribution in [0.3, 0.4) is 0 Å². The van der Waals surface area contributed by atoms with Gasteiger partial charge in [0.15, 0.2) is 12.6 Å². The molecule has 0 unspecified atom stereocenters. The van der Waals surface area contributed by atoms with Gasteiger partial charge in [0.05, 0.1) is 37.0 Å².